The number of aromatic nitrogens is 2. The number of aryl methyl sites for hydroxylation is 1. The van der Waals surface area contributed by atoms with Crippen LogP contribution in [0.4, 0.5) is 5.82 Å². The van der Waals surface area contributed by atoms with E-state index in [1.54, 1.807) is 0 Å². The van der Waals surface area contributed by atoms with Crippen molar-refractivity contribution in [3.05, 3.63) is 12.3 Å². The smallest absolute Gasteiger partial charge is 0.145 e. The van der Waals surface area contributed by atoms with E-state index in [2.05, 4.69) is 12.0 Å². The van der Waals surface area contributed by atoms with Gasteiger partial charge in [-0.2, -0.15) is 16.9 Å². The summed E-state index contributed by atoms with van der Waals surface area (Å²) in [6.07, 6.45) is 3.50. The standard InChI is InChI=1S/C10H17N3OS/c1-8-9(3-6-14-8)15-7-5-13-4-2-10(11)12-13/h2,4,8-9H,3,5-7H2,1H3,(H2,11,12). The molecular weight excluding hydrogens is 210 g/mol. The number of nitrogens with zero attached hydrogens (tertiary/aromatic N) is 2. The topological polar surface area (TPSA) is 53.1 Å². The quantitative estimate of drug-likeness (QED) is 0.844. The monoisotopic (exact) mass is 227 g/mol. The number of anilines is 1. The van der Waals surface area contributed by atoms with Gasteiger partial charge in [0.05, 0.1) is 12.6 Å². The van der Waals surface area contributed by atoms with Crippen molar-refractivity contribution in [2.75, 3.05) is 18.1 Å². The molecule has 1 aliphatic heterocycles. The highest BCUT2D eigenvalue weighted by atomic mass is 32.2. The second kappa shape index (κ2) is 4.90. The van der Waals surface area contributed by atoms with Gasteiger partial charge in [0.15, 0.2) is 0 Å². The first-order valence-electron chi connectivity index (χ1n) is 5.28. The predicted octanol–water partition coefficient (Wildman–Crippen LogP) is 1.38. The number of hydrogen-bond acceptors (Lipinski definition) is 4. The van der Waals surface area contributed by atoms with Crippen molar-refractivity contribution in [2.45, 2.75) is 31.2 Å². The molecule has 1 aliphatic rings. The van der Waals surface area contributed by atoms with E-state index < -0.39 is 0 Å². The summed E-state index contributed by atoms with van der Waals surface area (Å²) >= 11 is 1.97. The minimum atomic E-state index is 0.401. The van der Waals surface area contributed by atoms with E-state index in [1.807, 2.05) is 28.7 Å². The van der Waals surface area contributed by atoms with Gasteiger partial charge in [-0.15, -0.1) is 0 Å². The maximum atomic E-state index is 5.54. The summed E-state index contributed by atoms with van der Waals surface area (Å²) in [6, 6.07) is 1.83. The summed E-state index contributed by atoms with van der Waals surface area (Å²) < 4.78 is 7.40. The van der Waals surface area contributed by atoms with Gasteiger partial charge in [-0.05, 0) is 19.4 Å². The Hall–Kier alpha value is -0.680. The highest BCUT2D eigenvalue weighted by Crippen LogP contribution is 2.26. The minimum absolute atomic E-state index is 0.401. The van der Waals surface area contributed by atoms with Crippen molar-refractivity contribution in [3.8, 4) is 0 Å². The molecular formula is C10H17N3OS. The highest BCUT2D eigenvalue weighted by Gasteiger charge is 2.23. The van der Waals surface area contributed by atoms with Crippen LogP contribution >= 0.6 is 11.8 Å². The Morgan fingerprint density at radius 3 is 3.20 bits per heavy atom. The molecule has 1 fully saturated rings. The zero-order chi connectivity index (χ0) is 10.7. The molecule has 2 unspecified atom stereocenters. The summed E-state index contributed by atoms with van der Waals surface area (Å²) in [5.74, 6) is 1.66. The molecule has 1 aromatic rings. The third-order valence-corrected chi connectivity index (χ3v) is 4.09. The Balaban J connectivity index is 1.70. The molecule has 2 heterocycles. The van der Waals surface area contributed by atoms with Gasteiger partial charge >= 0.3 is 0 Å². The summed E-state index contributed by atoms with van der Waals surface area (Å²) in [5.41, 5.74) is 5.54. The van der Waals surface area contributed by atoms with Crippen LogP contribution in [0.25, 0.3) is 0 Å². The first kappa shape index (κ1) is 10.8. The lowest BCUT2D eigenvalue weighted by atomic mass is 10.3. The first-order valence-corrected chi connectivity index (χ1v) is 6.33. The molecule has 0 spiro atoms. The van der Waals surface area contributed by atoms with E-state index in [0.29, 0.717) is 17.2 Å². The Bertz CT molecular complexity index is 315. The molecule has 1 aromatic heterocycles. The van der Waals surface area contributed by atoms with Crippen molar-refractivity contribution in [1.82, 2.24) is 9.78 Å². The van der Waals surface area contributed by atoms with E-state index >= 15 is 0 Å². The van der Waals surface area contributed by atoms with Gasteiger partial charge in [0.2, 0.25) is 0 Å². The van der Waals surface area contributed by atoms with Crippen molar-refractivity contribution in [2.24, 2.45) is 0 Å². The van der Waals surface area contributed by atoms with E-state index in [-0.39, 0.29) is 0 Å². The van der Waals surface area contributed by atoms with Crippen LogP contribution in [0.5, 0.6) is 0 Å². The lowest BCUT2D eigenvalue weighted by Crippen LogP contribution is -2.15. The van der Waals surface area contributed by atoms with Crippen LogP contribution in [-0.2, 0) is 11.3 Å². The molecule has 0 radical (unpaired) electrons. The molecule has 0 bridgehead atoms. The lowest BCUT2D eigenvalue weighted by Gasteiger charge is -2.13. The normalized spacial score (nSPS) is 25.9. The fourth-order valence-electron chi connectivity index (χ4n) is 1.73. The first-order chi connectivity index (χ1) is 7.25. The second-order valence-electron chi connectivity index (χ2n) is 3.78. The highest BCUT2D eigenvalue weighted by molar-refractivity contribution is 7.99. The van der Waals surface area contributed by atoms with Gasteiger partial charge in [-0.1, -0.05) is 0 Å². The second-order valence-corrected chi connectivity index (χ2v) is 5.12. The van der Waals surface area contributed by atoms with Gasteiger partial charge < -0.3 is 10.5 Å². The Labute approximate surface area is 94.2 Å². The van der Waals surface area contributed by atoms with Gasteiger partial charge in [0, 0.05) is 23.8 Å². The van der Waals surface area contributed by atoms with Crippen molar-refractivity contribution in [3.63, 3.8) is 0 Å². The van der Waals surface area contributed by atoms with Crippen LogP contribution in [0.1, 0.15) is 13.3 Å². The lowest BCUT2D eigenvalue weighted by molar-refractivity contribution is 0.127. The Morgan fingerprint density at radius 2 is 2.60 bits per heavy atom. The SMILES string of the molecule is CC1OCCC1SCCn1ccc(N)n1. The molecule has 0 saturated carbocycles. The number of hydrogen-bond donors (Lipinski definition) is 1. The largest absolute Gasteiger partial charge is 0.382 e. The summed E-state index contributed by atoms with van der Waals surface area (Å²) in [7, 11) is 0. The number of nitrogens with two attached hydrogens (primary N) is 1. The number of ether oxygens (including phenoxy) is 1. The maximum Gasteiger partial charge on any atom is 0.145 e. The maximum absolute atomic E-state index is 5.54. The number of nitrogen functional groups attached to an aromatic ring is 1. The van der Waals surface area contributed by atoms with Gasteiger partial charge in [-0.3, -0.25) is 4.68 Å². The van der Waals surface area contributed by atoms with Crippen LogP contribution in [0.3, 0.4) is 0 Å². The molecule has 0 aliphatic carbocycles. The molecule has 2 rings (SSSR count). The van der Waals surface area contributed by atoms with Crippen LogP contribution < -0.4 is 5.73 Å². The molecule has 0 amide bonds. The molecule has 2 atom stereocenters. The summed E-state index contributed by atoms with van der Waals surface area (Å²) in [5, 5.41) is 4.79. The average Bonchev–Trinajstić information content (AvgIpc) is 2.77. The average molecular weight is 227 g/mol. The Kier molecular flexibility index (Phi) is 3.53. The van der Waals surface area contributed by atoms with Crippen LogP contribution in [-0.4, -0.2) is 33.5 Å². The van der Waals surface area contributed by atoms with Crippen LogP contribution in [0.2, 0.25) is 0 Å². The van der Waals surface area contributed by atoms with Crippen molar-refractivity contribution < 1.29 is 4.74 Å². The third kappa shape index (κ3) is 2.89. The van der Waals surface area contributed by atoms with Gasteiger partial charge in [0.1, 0.15) is 5.82 Å². The predicted molar refractivity (Wildman–Crippen MR) is 62.9 cm³/mol. The van der Waals surface area contributed by atoms with Gasteiger partial charge in [0.25, 0.3) is 0 Å². The zero-order valence-corrected chi connectivity index (χ0v) is 9.74. The number of rotatable bonds is 4. The van der Waals surface area contributed by atoms with Crippen LogP contribution in [0.15, 0.2) is 12.3 Å². The summed E-state index contributed by atoms with van der Waals surface area (Å²) in [6.45, 7) is 3.98. The minimum Gasteiger partial charge on any atom is -0.382 e. The summed E-state index contributed by atoms with van der Waals surface area (Å²) in [4.78, 5) is 0. The van der Waals surface area contributed by atoms with E-state index in [4.69, 9.17) is 10.5 Å². The molecule has 4 nitrogen and oxygen atoms in total. The molecule has 15 heavy (non-hydrogen) atoms. The molecule has 84 valence electrons. The fraction of sp³-hybridized carbons (Fsp3) is 0.700. The number of thioether (sulfide) groups is 1. The van der Waals surface area contributed by atoms with E-state index in [9.17, 15) is 0 Å². The van der Waals surface area contributed by atoms with Crippen molar-refractivity contribution >= 4 is 17.6 Å². The van der Waals surface area contributed by atoms with Crippen molar-refractivity contribution in [1.29, 1.82) is 0 Å². The van der Waals surface area contributed by atoms with Gasteiger partial charge in [-0.25, -0.2) is 0 Å². The molecule has 1 saturated heterocycles. The zero-order valence-electron chi connectivity index (χ0n) is 8.93. The Morgan fingerprint density at radius 1 is 1.73 bits per heavy atom. The molecule has 5 heteroatoms. The van der Waals surface area contributed by atoms with E-state index in [1.165, 1.54) is 6.42 Å². The molecule has 2 N–H and O–H groups in total. The van der Waals surface area contributed by atoms with E-state index in [0.717, 1.165) is 18.9 Å². The fourth-order valence-corrected chi connectivity index (χ4v) is 2.94. The van der Waals surface area contributed by atoms with Crippen LogP contribution in [0, 0.1) is 0 Å². The molecule has 0 aromatic carbocycles. The third-order valence-electron chi connectivity index (χ3n) is 2.62.